The van der Waals surface area contributed by atoms with Crippen molar-refractivity contribution in [2.75, 3.05) is 0 Å². The van der Waals surface area contributed by atoms with E-state index in [0.717, 1.165) is 16.4 Å². The Balaban J connectivity index is 1.58. The van der Waals surface area contributed by atoms with E-state index in [9.17, 15) is 4.79 Å². The maximum Gasteiger partial charge on any atom is 0.226 e. The van der Waals surface area contributed by atoms with Gasteiger partial charge in [-0.3, -0.25) is 9.78 Å². The molecule has 0 spiro atoms. The van der Waals surface area contributed by atoms with Gasteiger partial charge in [0.1, 0.15) is 5.01 Å². The molecular formula is C16H15N3OS2. The van der Waals surface area contributed by atoms with Gasteiger partial charge in [0.2, 0.25) is 5.91 Å². The lowest BCUT2D eigenvalue weighted by atomic mass is 10.3. The average Bonchev–Trinajstić information content (AvgIpc) is 3.15. The molecule has 0 saturated heterocycles. The van der Waals surface area contributed by atoms with Gasteiger partial charge in [-0.2, -0.15) is 0 Å². The van der Waals surface area contributed by atoms with Crippen molar-refractivity contribution < 1.29 is 4.79 Å². The van der Waals surface area contributed by atoms with Crippen LogP contribution in [0.3, 0.4) is 0 Å². The number of pyridine rings is 1. The van der Waals surface area contributed by atoms with Gasteiger partial charge in [-0.05, 0) is 36.1 Å². The number of aryl methyl sites for hydroxylation is 1. The van der Waals surface area contributed by atoms with Gasteiger partial charge in [0.25, 0.3) is 0 Å². The molecule has 0 radical (unpaired) electrons. The van der Waals surface area contributed by atoms with Gasteiger partial charge in [-0.15, -0.1) is 22.7 Å². The molecular weight excluding hydrogens is 314 g/mol. The van der Waals surface area contributed by atoms with E-state index < -0.39 is 0 Å². The number of nitrogens with zero attached hydrogens (tertiary/aromatic N) is 2. The smallest absolute Gasteiger partial charge is 0.226 e. The van der Waals surface area contributed by atoms with E-state index in [2.05, 4.69) is 28.3 Å². The molecule has 0 saturated carbocycles. The van der Waals surface area contributed by atoms with Crippen molar-refractivity contribution in [1.29, 1.82) is 0 Å². The fourth-order valence-electron chi connectivity index (χ4n) is 1.99. The van der Waals surface area contributed by atoms with Gasteiger partial charge in [0.05, 0.1) is 24.4 Å². The Labute approximate surface area is 136 Å². The number of thiazole rings is 1. The molecule has 0 bridgehead atoms. The maximum atomic E-state index is 12.0. The van der Waals surface area contributed by atoms with Crippen LogP contribution in [0.2, 0.25) is 0 Å². The van der Waals surface area contributed by atoms with Crippen LogP contribution in [-0.4, -0.2) is 15.9 Å². The number of nitrogens with one attached hydrogen (secondary N) is 1. The third-order valence-corrected chi connectivity index (χ3v) is 5.13. The van der Waals surface area contributed by atoms with Gasteiger partial charge in [-0.25, -0.2) is 4.98 Å². The number of amides is 1. The summed E-state index contributed by atoms with van der Waals surface area (Å²) in [6.07, 6.45) is 2.04. The third-order valence-electron chi connectivity index (χ3n) is 3.19. The first kappa shape index (κ1) is 14.9. The molecule has 1 amide bonds. The van der Waals surface area contributed by atoms with Gasteiger partial charge >= 0.3 is 0 Å². The number of rotatable bonds is 5. The Morgan fingerprint density at radius 1 is 1.27 bits per heavy atom. The second-order valence-electron chi connectivity index (χ2n) is 4.84. The van der Waals surface area contributed by atoms with E-state index in [1.165, 1.54) is 21.8 Å². The Bertz CT molecular complexity index is 765. The molecule has 0 aliphatic rings. The van der Waals surface area contributed by atoms with Crippen LogP contribution in [0.1, 0.15) is 16.1 Å². The van der Waals surface area contributed by atoms with Crippen molar-refractivity contribution in [2.45, 2.75) is 19.9 Å². The summed E-state index contributed by atoms with van der Waals surface area (Å²) in [5.41, 5.74) is 2.84. The summed E-state index contributed by atoms with van der Waals surface area (Å²) >= 11 is 3.17. The van der Waals surface area contributed by atoms with E-state index in [0.29, 0.717) is 13.0 Å². The molecule has 0 fully saturated rings. The van der Waals surface area contributed by atoms with E-state index in [1.807, 2.05) is 29.0 Å². The number of carbonyl (C=O) groups is 1. The maximum absolute atomic E-state index is 12.0. The zero-order valence-corrected chi connectivity index (χ0v) is 13.7. The lowest BCUT2D eigenvalue weighted by molar-refractivity contribution is -0.120. The highest BCUT2D eigenvalue weighted by Crippen LogP contribution is 2.21. The Morgan fingerprint density at radius 2 is 2.18 bits per heavy atom. The molecule has 3 rings (SSSR count). The fraction of sp³-hybridized carbons (Fsp3) is 0.188. The second-order valence-corrected chi connectivity index (χ2v) is 6.70. The van der Waals surface area contributed by atoms with Crippen LogP contribution in [0.4, 0.5) is 0 Å². The predicted octanol–water partition coefficient (Wildman–Crippen LogP) is 3.43. The van der Waals surface area contributed by atoms with Crippen LogP contribution < -0.4 is 5.32 Å². The monoisotopic (exact) mass is 329 g/mol. The molecule has 0 atom stereocenters. The number of hydrogen-bond acceptors (Lipinski definition) is 5. The highest BCUT2D eigenvalue weighted by molar-refractivity contribution is 7.13. The molecule has 112 valence electrons. The molecule has 1 N–H and O–H groups in total. The lowest BCUT2D eigenvalue weighted by Gasteiger charge is -2.03. The molecule has 4 nitrogen and oxygen atoms in total. The van der Waals surface area contributed by atoms with E-state index in [-0.39, 0.29) is 5.91 Å². The van der Waals surface area contributed by atoms with Gasteiger partial charge in [-0.1, -0.05) is 6.07 Å². The van der Waals surface area contributed by atoms with Crippen molar-refractivity contribution in [1.82, 2.24) is 15.3 Å². The van der Waals surface area contributed by atoms with Crippen molar-refractivity contribution in [2.24, 2.45) is 0 Å². The highest BCUT2D eigenvalue weighted by Gasteiger charge is 2.10. The van der Waals surface area contributed by atoms with E-state index in [1.54, 1.807) is 17.5 Å². The van der Waals surface area contributed by atoms with Gasteiger partial charge < -0.3 is 5.32 Å². The normalized spacial score (nSPS) is 10.6. The molecule has 0 aliphatic carbocycles. The van der Waals surface area contributed by atoms with Crippen molar-refractivity contribution in [3.05, 3.63) is 57.4 Å². The minimum absolute atomic E-state index is 0.00864. The highest BCUT2D eigenvalue weighted by atomic mass is 32.1. The van der Waals surface area contributed by atoms with Crippen LogP contribution in [-0.2, 0) is 17.8 Å². The minimum atomic E-state index is -0.00864. The van der Waals surface area contributed by atoms with Crippen molar-refractivity contribution in [3.8, 4) is 10.7 Å². The molecule has 0 aliphatic heterocycles. The lowest BCUT2D eigenvalue weighted by Crippen LogP contribution is -2.24. The summed E-state index contributed by atoms with van der Waals surface area (Å²) in [7, 11) is 0. The molecule has 3 aromatic heterocycles. The van der Waals surface area contributed by atoms with Crippen LogP contribution in [0.15, 0.2) is 41.2 Å². The Kier molecular flexibility index (Phi) is 4.60. The third kappa shape index (κ3) is 3.58. The SMILES string of the molecule is Cc1ccsc1CNC(=O)Cc1csc(-c2ccccn2)n1. The molecule has 0 aromatic carbocycles. The summed E-state index contributed by atoms with van der Waals surface area (Å²) in [6.45, 7) is 2.64. The standard InChI is InChI=1S/C16H15N3OS2/c1-11-5-7-21-14(11)9-18-15(20)8-12-10-22-16(19-12)13-4-2-3-6-17-13/h2-7,10H,8-9H2,1H3,(H,18,20). The minimum Gasteiger partial charge on any atom is -0.351 e. The molecule has 3 heterocycles. The van der Waals surface area contributed by atoms with Crippen LogP contribution in [0, 0.1) is 6.92 Å². The summed E-state index contributed by atoms with van der Waals surface area (Å²) in [5, 5.41) is 7.74. The number of hydrogen-bond donors (Lipinski definition) is 1. The summed E-state index contributed by atoms with van der Waals surface area (Å²) in [4.78, 5) is 22.0. The van der Waals surface area contributed by atoms with Crippen LogP contribution >= 0.6 is 22.7 Å². The molecule has 0 unspecified atom stereocenters. The van der Waals surface area contributed by atoms with Gasteiger partial charge in [0.15, 0.2) is 0 Å². The van der Waals surface area contributed by atoms with E-state index >= 15 is 0 Å². The topological polar surface area (TPSA) is 54.9 Å². The molecule has 6 heteroatoms. The number of aromatic nitrogens is 2. The second kappa shape index (κ2) is 6.81. The van der Waals surface area contributed by atoms with Crippen molar-refractivity contribution >= 4 is 28.6 Å². The largest absolute Gasteiger partial charge is 0.351 e. The van der Waals surface area contributed by atoms with Crippen molar-refractivity contribution in [3.63, 3.8) is 0 Å². The quantitative estimate of drug-likeness (QED) is 0.780. The zero-order chi connectivity index (χ0) is 15.4. The summed E-state index contributed by atoms with van der Waals surface area (Å²) in [6, 6.07) is 7.78. The van der Waals surface area contributed by atoms with Crippen LogP contribution in [0.5, 0.6) is 0 Å². The van der Waals surface area contributed by atoms with Crippen LogP contribution in [0.25, 0.3) is 10.7 Å². The average molecular weight is 329 g/mol. The number of thiophene rings is 1. The van der Waals surface area contributed by atoms with Gasteiger partial charge in [0, 0.05) is 16.5 Å². The first-order valence-corrected chi connectivity index (χ1v) is 8.64. The fourth-order valence-corrected chi connectivity index (χ4v) is 3.63. The predicted molar refractivity (Wildman–Crippen MR) is 90.0 cm³/mol. The Hall–Kier alpha value is -2.05. The molecule has 22 heavy (non-hydrogen) atoms. The zero-order valence-electron chi connectivity index (χ0n) is 12.1. The first-order valence-electron chi connectivity index (χ1n) is 6.88. The summed E-state index contributed by atoms with van der Waals surface area (Å²) < 4.78 is 0. The Morgan fingerprint density at radius 3 is 2.91 bits per heavy atom. The molecule has 3 aromatic rings. The first-order chi connectivity index (χ1) is 10.7. The van der Waals surface area contributed by atoms with E-state index in [4.69, 9.17) is 0 Å². The number of carbonyl (C=O) groups excluding carboxylic acids is 1. The summed E-state index contributed by atoms with van der Waals surface area (Å²) in [5.74, 6) is -0.00864.